The number of benzene rings is 1. The van der Waals surface area contributed by atoms with Crippen molar-refractivity contribution >= 4 is 11.8 Å². The third-order valence-corrected chi connectivity index (χ3v) is 5.43. The Balaban J connectivity index is 1.48. The first-order valence-corrected chi connectivity index (χ1v) is 9.41. The molecule has 2 fully saturated rings. The average molecular weight is 344 g/mol. The quantitative estimate of drug-likeness (QED) is 0.913. The van der Waals surface area contributed by atoms with Crippen LogP contribution >= 0.6 is 0 Å². The number of hydrogen-bond acceptors (Lipinski definition) is 3. The molecule has 1 N–H and O–H groups in total. The molecule has 0 aromatic heterocycles. The summed E-state index contributed by atoms with van der Waals surface area (Å²) in [5.74, 6) is 1.17. The van der Waals surface area contributed by atoms with Crippen molar-refractivity contribution in [1.29, 1.82) is 0 Å². The molecular formula is C20H28N2O3. The van der Waals surface area contributed by atoms with E-state index in [4.69, 9.17) is 4.74 Å². The van der Waals surface area contributed by atoms with Gasteiger partial charge in [-0.2, -0.15) is 0 Å². The predicted molar refractivity (Wildman–Crippen MR) is 96.6 cm³/mol. The zero-order valence-electron chi connectivity index (χ0n) is 15.0. The third-order valence-electron chi connectivity index (χ3n) is 5.43. The number of nitrogens with zero attached hydrogens (tertiary/aromatic N) is 1. The molecule has 1 saturated heterocycles. The van der Waals surface area contributed by atoms with E-state index >= 15 is 0 Å². The van der Waals surface area contributed by atoms with Crippen molar-refractivity contribution in [3.63, 3.8) is 0 Å². The van der Waals surface area contributed by atoms with Crippen LogP contribution in [-0.4, -0.2) is 43.0 Å². The second-order valence-corrected chi connectivity index (χ2v) is 7.14. The molecule has 1 heterocycles. The highest BCUT2D eigenvalue weighted by atomic mass is 16.5. The van der Waals surface area contributed by atoms with Gasteiger partial charge in [0.25, 0.3) is 5.91 Å². The van der Waals surface area contributed by atoms with Crippen LogP contribution in [0, 0.1) is 5.92 Å². The standard InChI is InChI=1S/C20H28N2O3/c1-25-18-9-5-8-16(14-18)19(23)21-17-10-12-22(13-11-17)20(24)15-6-3-2-4-7-15/h5,8-9,14-15,17H,2-4,6-7,10-13H2,1H3,(H,21,23). The van der Waals surface area contributed by atoms with E-state index in [1.54, 1.807) is 19.2 Å². The van der Waals surface area contributed by atoms with Crippen LogP contribution in [0.5, 0.6) is 5.75 Å². The van der Waals surface area contributed by atoms with E-state index in [0.29, 0.717) is 17.2 Å². The molecule has 5 heteroatoms. The highest BCUT2D eigenvalue weighted by molar-refractivity contribution is 5.94. The maximum absolute atomic E-state index is 12.6. The molecule has 1 aromatic rings. The molecule has 1 aliphatic heterocycles. The number of methoxy groups -OCH3 is 1. The Morgan fingerprint density at radius 1 is 1.08 bits per heavy atom. The minimum Gasteiger partial charge on any atom is -0.497 e. The van der Waals surface area contributed by atoms with Crippen LogP contribution in [0.4, 0.5) is 0 Å². The van der Waals surface area contributed by atoms with Crippen LogP contribution < -0.4 is 10.1 Å². The molecule has 0 spiro atoms. The summed E-state index contributed by atoms with van der Waals surface area (Å²) >= 11 is 0. The number of amides is 2. The van der Waals surface area contributed by atoms with Crippen LogP contribution in [0.2, 0.25) is 0 Å². The number of nitrogens with one attached hydrogen (secondary N) is 1. The number of carbonyl (C=O) groups is 2. The average Bonchev–Trinajstić information content (AvgIpc) is 2.68. The van der Waals surface area contributed by atoms with Crippen LogP contribution in [-0.2, 0) is 4.79 Å². The van der Waals surface area contributed by atoms with Gasteiger partial charge in [0.15, 0.2) is 0 Å². The number of rotatable bonds is 4. The minimum atomic E-state index is -0.0732. The largest absolute Gasteiger partial charge is 0.497 e. The van der Waals surface area contributed by atoms with E-state index in [0.717, 1.165) is 38.8 Å². The molecule has 25 heavy (non-hydrogen) atoms. The van der Waals surface area contributed by atoms with Gasteiger partial charge in [0.2, 0.25) is 5.91 Å². The molecule has 0 unspecified atom stereocenters. The molecule has 2 amide bonds. The summed E-state index contributed by atoms with van der Waals surface area (Å²) in [5, 5.41) is 3.09. The molecule has 1 aliphatic carbocycles. The Bertz CT molecular complexity index is 603. The Kier molecular flexibility index (Phi) is 5.95. The normalized spacial score (nSPS) is 19.5. The van der Waals surface area contributed by atoms with Crippen molar-refractivity contribution in [2.45, 2.75) is 51.0 Å². The second kappa shape index (κ2) is 8.37. The molecule has 136 valence electrons. The van der Waals surface area contributed by atoms with Crippen LogP contribution in [0.15, 0.2) is 24.3 Å². The first-order valence-electron chi connectivity index (χ1n) is 9.41. The topological polar surface area (TPSA) is 58.6 Å². The lowest BCUT2D eigenvalue weighted by Gasteiger charge is -2.35. The van der Waals surface area contributed by atoms with Gasteiger partial charge in [-0.05, 0) is 43.9 Å². The lowest BCUT2D eigenvalue weighted by Crippen LogP contribution is -2.48. The van der Waals surface area contributed by atoms with Gasteiger partial charge in [-0.1, -0.05) is 25.3 Å². The van der Waals surface area contributed by atoms with Crippen molar-refractivity contribution in [1.82, 2.24) is 10.2 Å². The molecule has 2 aliphatic rings. The number of hydrogen-bond donors (Lipinski definition) is 1. The SMILES string of the molecule is COc1cccc(C(=O)NC2CCN(C(=O)C3CCCCC3)CC2)c1. The third kappa shape index (κ3) is 4.53. The summed E-state index contributed by atoms with van der Waals surface area (Å²) in [6.45, 7) is 1.50. The first kappa shape index (κ1) is 17.8. The maximum atomic E-state index is 12.6. The smallest absolute Gasteiger partial charge is 0.251 e. The van der Waals surface area contributed by atoms with E-state index in [9.17, 15) is 9.59 Å². The van der Waals surface area contributed by atoms with Crippen molar-refractivity contribution in [2.75, 3.05) is 20.2 Å². The Labute approximate surface area is 149 Å². The van der Waals surface area contributed by atoms with Gasteiger partial charge in [0, 0.05) is 30.6 Å². The summed E-state index contributed by atoms with van der Waals surface area (Å²) in [6.07, 6.45) is 7.38. The van der Waals surface area contributed by atoms with Gasteiger partial charge in [0.05, 0.1) is 7.11 Å². The number of carbonyl (C=O) groups excluding carboxylic acids is 2. The molecule has 1 aromatic carbocycles. The molecule has 0 radical (unpaired) electrons. The summed E-state index contributed by atoms with van der Waals surface area (Å²) < 4.78 is 5.17. The molecular weight excluding hydrogens is 316 g/mol. The Hall–Kier alpha value is -2.04. The van der Waals surface area contributed by atoms with Gasteiger partial charge in [-0.15, -0.1) is 0 Å². The van der Waals surface area contributed by atoms with Gasteiger partial charge >= 0.3 is 0 Å². The van der Waals surface area contributed by atoms with Crippen molar-refractivity contribution < 1.29 is 14.3 Å². The van der Waals surface area contributed by atoms with Gasteiger partial charge < -0.3 is 15.0 Å². The number of ether oxygens (including phenoxy) is 1. The highest BCUT2D eigenvalue weighted by Gasteiger charge is 2.29. The van der Waals surface area contributed by atoms with Crippen molar-refractivity contribution in [2.24, 2.45) is 5.92 Å². The van der Waals surface area contributed by atoms with E-state index in [1.165, 1.54) is 19.3 Å². The summed E-state index contributed by atoms with van der Waals surface area (Å²) in [7, 11) is 1.59. The second-order valence-electron chi connectivity index (χ2n) is 7.14. The fraction of sp³-hybridized carbons (Fsp3) is 0.600. The summed E-state index contributed by atoms with van der Waals surface area (Å²) in [6, 6.07) is 7.32. The highest BCUT2D eigenvalue weighted by Crippen LogP contribution is 2.26. The molecule has 0 bridgehead atoms. The van der Waals surface area contributed by atoms with Crippen LogP contribution in [0.25, 0.3) is 0 Å². The molecule has 0 atom stereocenters. The van der Waals surface area contributed by atoms with E-state index in [1.807, 2.05) is 17.0 Å². The van der Waals surface area contributed by atoms with Crippen molar-refractivity contribution in [3.05, 3.63) is 29.8 Å². The summed E-state index contributed by atoms with van der Waals surface area (Å²) in [5.41, 5.74) is 0.611. The van der Waals surface area contributed by atoms with E-state index in [-0.39, 0.29) is 17.9 Å². The van der Waals surface area contributed by atoms with Crippen molar-refractivity contribution in [3.8, 4) is 5.75 Å². The monoisotopic (exact) mass is 344 g/mol. The summed E-state index contributed by atoms with van der Waals surface area (Å²) in [4.78, 5) is 27.0. The zero-order chi connectivity index (χ0) is 17.6. The van der Waals surface area contributed by atoms with Gasteiger partial charge in [-0.25, -0.2) is 0 Å². The maximum Gasteiger partial charge on any atom is 0.251 e. The number of likely N-dealkylation sites (tertiary alicyclic amines) is 1. The minimum absolute atomic E-state index is 0.0732. The Morgan fingerprint density at radius 3 is 2.48 bits per heavy atom. The zero-order valence-corrected chi connectivity index (χ0v) is 15.0. The van der Waals surface area contributed by atoms with E-state index in [2.05, 4.69) is 5.32 Å². The fourth-order valence-electron chi connectivity index (χ4n) is 3.88. The van der Waals surface area contributed by atoms with Crippen LogP contribution in [0.3, 0.4) is 0 Å². The van der Waals surface area contributed by atoms with Gasteiger partial charge in [-0.3, -0.25) is 9.59 Å². The molecule has 5 nitrogen and oxygen atoms in total. The van der Waals surface area contributed by atoms with E-state index < -0.39 is 0 Å². The predicted octanol–water partition coefficient (Wildman–Crippen LogP) is 3.00. The molecule has 1 saturated carbocycles. The number of piperidine rings is 1. The fourth-order valence-corrected chi connectivity index (χ4v) is 3.88. The molecule has 3 rings (SSSR count). The van der Waals surface area contributed by atoms with Crippen LogP contribution in [0.1, 0.15) is 55.3 Å². The van der Waals surface area contributed by atoms with Gasteiger partial charge in [0.1, 0.15) is 5.75 Å². The lowest BCUT2D eigenvalue weighted by atomic mass is 9.87. The Morgan fingerprint density at radius 2 is 1.80 bits per heavy atom. The lowest BCUT2D eigenvalue weighted by molar-refractivity contribution is -0.137. The first-order chi connectivity index (χ1) is 12.2.